The monoisotopic (exact) mass is 215 g/mol. The minimum Gasteiger partial charge on any atom is -0.383 e. The summed E-state index contributed by atoms with van der Waals surface area (Å²) in [5.74, 6) is 0. The Bertz CT molecular complexity index is 167. The third-order valence-electron chi connectivity index (χ3n) is 3.04. The van der Waals surface area contributed by atoms with Gasteiger partial charge in [0.25, 0.3) is 0 Å². The Morgan fingerprint density at radius 2 is 2.00 bits per heavy atom. The van der Waals surface area contributed by atoms with E-state index in [4.69, 9.17) is 9.47 Å². The van der Waals surface area contributed by atoms with Crippen molar-refractivity contribution in [2.24, 2.45) is 0 Å². The van der Waals surface area contributed by atoms with Crippen molar-refractivity contribution in [3.8, 4) is 0 Å². The van der Waals surface area contributed by atoms with Gasteiger partial charge in [0.05, 0.1) is 18.8 Å². The third kappa shape index (κ3) is 4.09. The highest BCUT2D eigenvalue weighted by atomic mass is 16.5. The van der Waals surface area contributed by atoms with Crippen molar-refractivity contribution >= 4 is 0 Å². The van der Waals surface area contributed by atoms with E-state index >= 15 is 0 Å². The number of nitrogens with zero attached hydrogens (tertiary/aromatic N) is 1. The summed E-state index contributed by atoms with van der Waals surface area (Å²) < 4.78 is 10.9. The highest BCUT2D eigenvalue weighted by molar-refractivity contribution is 4.88. The number of ether oxygens (including phenoxy) is 2. The van der Waals surface area contributed by atoms with Gasteiger partial charge in [-0.25, -0.2) is 0 Å². The van der Waals surface area contributed by atoms with Crippen molar-refractivity contribution in [2.75, 3.05) is 26.8 Å². The van der Waals surface area contributed by atoms with Crippen LogP contribution < -0.4 is 0 Å². The van der Waals surface area contributed by atoms with E-state index < -0.39 is 0 Å². The fourth-order valence-corrected chi connectivity index (χ4v) is 2.14. The maximum absolute atomic E-state index is 5.76. The van der Waals surface area contributed by atoms with E-state index in [1.165, 1.54) is 12.8 Å². The van der Waals surface area contributed by atoms with Gasteiger partial charge < -0.3 is 9.47 Å². The van der Waals surface area contributed by atoms with Gasteiger partial charge in [0, 0.05) is 19.7 Å². The fourth-order valence-electron chi connectivity index (χ4n) is 2.14. The van der Waals surface area contributed by atoms with Gasteiger partial charge in [0.2, 0.25) is 0 Å². The first-order chi connectivity index (χ1) is 7.17. The minimum atomic E-state index is 0.366. The van der Waals surface area contributed by atoms with Crippen LogP contribution >= 0.6 is 0 Å². The molecule has 0 aromatic rings. The predicted molar refractivity (Wildman–Crippen MR) is 62.2 cm³/mol. The topological polar surface area (TPSA) is 21.7 Å². The number of hydrogen-bond donors (Lipinski definition) is 0. The molecule has 0 radical (unpaired) electrons. The van der Waals surface area contributed by atoms with Gasteiger partial charge in [0.15, 0.2) is 0 Å². The maximum atomic E-state index is 5.76. The van der Waals surface area contributed by atoms with E-state index in [0.717, 1.165) is 19.7 Å². The van der Waals surface area contributed by atoms with Gasteiger partial charge in [-0.05, 0) is 33.2 Å². The van der Waals surface area contributed by atoms with Crippen LogP contribution in [0.2, 0.25) is 0 Å². The second kappa shape index (κ2) is 6.46. The minimum absolute atomic E-state index is 0.366. The standard InChI is InChI=1S/C12H25NO2/c1-5-13(6-7-14-4)11-8-12(9-11)15-10(2)3/h10-12H,5-9H2,1-4H3. The van der Waals surface area contributed by atoms with Gasteiger partial charge in [-0.1, -0.05) is 6.92 Å². The first-order valence-corrected chi connectivity index (χ1v) is 6.05. The number of methoxy groups -OCH3 is 1. The Morgan fingerprint density at radius 1 is 1.33 bits per heavy atom. The van der Waals surface area contributed by atoms with Crippen LogP contribution in [0, 0.1) is 0 Å². The number of hydrogen-bond acceptors (Lipinski definition) is 3. The summed E-state index contributed by atoms with van der Waals surface area (Å²) in [5.41, 5.74) is 0. The van der Waals surface area contributed by atoms with E-state index in [-0.39, 0.29) is 0 Å². The Labute approximate surface area is 93.7 Å². The molecule has 0 saturated heterocycles. The smallest absolute Gasteiger partial charge is 0.0608 e. The molecule has 15 heavy (non-hydrogen) atoms. The van der Waals surface area contributed by atoms with Crippen molar-refractivity contribution < 1.29 is 9.47 Å². The van der Waals surface area contributed by atoms with E-state index in [1.807, 2.05) is 0 Å². The molecule has 0 bridgehead atoms. The quantitative estimate of drug-likeness (QED) is 0.647. The first-order valence-electron chi connectivity index (χ1n) is 6.05. The lowest BCUT2D eigenvalue weighted by atomic mass is 9.87. The van der Waals surface area contributed by atoms with E-state index in [0.29, 0.717) is 18.2 Å². The van der Waals surface area contributed by atoms with Crippen LogP contribution in [0.3, 0.4) is 0 Å². The van der Waals surface area contributed by atoms with Gasteiger partial charge in [-0.3, -0.25) is 4.90 Å². The maximum Gasteiger partial charge on any atom is 0.0608 e. The molecule has 0 N–H and O–H groups in total. The van der Waals surface area contributed by atoms with Crippen molar-refractivity contribution in [2.45, 2.75) is 51.9 Å². The van der Waals surface area contributed by atoms with E-state index in [2.05, 4.69) is 25.7 Å². The molecule has 1 aliphatic rings. The van der Waals surface area contributed by atoms with Crippen LogP contribution in [-0.2, 0) is 9.47 Å². The Hall–Kier alpha value is -0.120. The second-order valence-corrected chi connectivity index (χ2v) is 4.55. The summed E-state index contributed by atoms with van der Waals surface area (Å²) in [6.45, 7) is 9.42. The summed E-state index contributed by atoms with van der Waals surface area (Å²) in [4.78, 5) is 2.49. The van der Waals surface area contributed by atoms with Crippen LogP contribution in [0.15, 0.2) is 0 Å². The molecule has 1 rings (SSSR count). The predicted octanol–water partition coefficient (Wildman–Crippen LogP) is 1.91. The van der Waals surface area contributed by atoms with Crippen LogP contribution in [-0.4, -0.2) is 50.0 Å². The van der Waals surface area contributed by atoms with Gasteiger partial charge >= 0.3 is 0 Å². The normalized spacial score (nSPS) is 26.0. The fraction of sp³-hybridized carbons (Fsp3) is 1.00. The largest absolute Gasteiger partial charge is 0.383 e. The van der Waals surface area contributed by atoms with Crippen LogP contribution in [0.1, 0.15) is 33.6 Å². The third-order valence-corrected chi connectivity index (χ3v) is 3.04. The number of likely N-dealkylation sites (N-methyl/N-ethyl adjacent to an activating group) is 1. The zero-order chi connectivity index (χ0) is 11.3. The zero-order valence-corrected chi connectivity index (χ0v) is 10.5. The summed E-state index contributed by atoms with van der Waals surface area (Å²) in [7, 11) is 1.76. The average Bonchev–Trinajstić information content (AvgIpc) is 2.13. The second-order valence-electron chi connectivity index (χ2n) is 4.55. The summed E-state index contributed by atoms with van der Waals surface area (Å²) in [6.07, 6.45) is 3.24. The molecule has 3 nitrogen and oxygen atoms in total. The molecule has 1 aliphatic carbocycles. The van der Waals surface area contributed by atoms with Gasteiger partial charge in [-0.15, -0.1) is 0 Å². The average molecular weight is 215 g/mol. The summed E-state index contributed by atoms with van der Waals surface area (Å²) >= 11 is 0. The lowest BCUT2D eigenvalue weighted by molar-refractivity contribution is -0.0781. The summed E-state index contributed by atoms with van der Waals surface area (Å²) in [6, 6.07) is 0.717. The molecule has 0 aliphatic heterocycles. The molecule has 0 amide bonds. The Balaban J connectivity index is 2.17. The lowest BCUT2D eigenvalue weighted by Gasteiger charge is -2.43. The molecule has 0 aromatic carbocycles. The Kier molecular flexibility index (Phi) is 5.58. The molecular formula is C12H25NO2. The van der Waals surface area contributed by atoms with Crippen molar-refractivity contribution in [3.63, 3.8) is 0 Å². The van der Waals surface area contributed by atoms with E-state index in [9.17, 15) is 0 Å². The molecule has 1 fully saturated rings. The highest BCUT2D eigenvalue weighted by Crippen LogP contribution is 2.28. The molecule has 0 heterocycles. The van der Waals surface area contributed by atoms with Crippen molar-refractivity contribution in [1.82, 2.24) is 4.90 Å². The van der Waals surface area contributed by atoms with Crippen molar-refractivity contribution in [1.29, 1.82) is 0 Å². The zero-order valence-electron chi connectivity index (χ0n) is 10.5. The molecule has 3 heteroatoms. The molecule has 0 unspecified atom stereocenters. The SMILES string of the molecule is CCN(CCOC)C1CC(OC(C)C)C1. The molecular weight excluding hydrogens is 190 g/mol. The molecule has 0 atom stereocenters. The Morgan fingerprint density at radius 3 is 2.47 bits per heavy atom. The van der Waals surface area contributed by atoms with Crippen LogP contribution in [0.4, 0.5) is 0 Å². The van der Waals surface area contributed by atoms with Crippen LogP contribution in [0.25, 0.3) is 0 Å². The molecule has 0 aromatic heterocycles. The van der Waals surface area contributed by atoms with Gasteiger partial charge in [0.1, 0.15) is 0 Å². The molecule has 1 saturated carbocycles. The van der Waals surface area contributed by atoms with Crippen molar-refractivity contribution in [3.05, 3.63) is 0 Å². The van der Waals surface area contributed by atoms with Crippen LogP contribution in [0.5, 0.6) is 0 Å². The van der Waals surface area contributed by atoms with Gasteiger partial charge in [-0.2, -0.15) is 0 Å². The lowest BCUT2D eigenvalue weighted by Crippen LogP contribution is -2.49. The van der Waals surface area contributed by atoms with E-state index in [1.54, 1.807) is 7.11 Å². The molecule has 0 spiro atoms. The highest BCUT2D eigenvalue weighted by Gasteiger charge is 2.33. The molecule has 90 valence electrons. The summed E-state index contributed by atoms with van der Waals surface area (Å²) in [5, 5.41) is 0. The number of rotatable bonds is 7. The first kappa shape index (κ1) is 12.9.